The molecule has 1 aliphatic rings. The van der Waals surface area contributed by atoms with E-state index in [1.165, 1.54) is 4.90 Å². The number of hydrogen-bond donors (Lipinski definition) is 2. The van der Waals surface area contributed by atoms with Crippen LogP contribution in [0.25, 0.3) is 0 Å². The number of methoxy groups -OCH3 is 1. The molecule has 21 heavy (non-hydrogen) atoms. The monoisotopic (exact) mass is 292 g/mol. The standard InChI is InChI=1S/C15H20N2O4/c1-21-10-8-11-5-2-3-6-12(11)16-15(20)17-9-4-7-13(17)14(18)19/h2-3,5-6,13H,4,7-10H2,1H3,(H,16,20)(H,18,19)/t13-/m0/s1. The molecule has 6 heteroatoms. The van der Waals surface area contributed by atoms with Crippen molar-refractivity contribution in [3.05, 3.63) is 29.8 Å². The van der Waals surface area contributed by atoms with Crippen LogP contribution in [0, 0.1) is 0 Å². The maximum atomic E-state index is 12.3. The fraction of sp³-hybridized carbons (Fsp3) is 0.467. The first-order chi connectivity index (χ1) is 10.1. The summed E-state index contributed by atoms with van der Waals surface area (Å²) in [6.07, 6.45) is 1.92. The van der Waals surface area contributed by atoms with E-state index in [0.717, 1.165) is 12.0 Å². The number of urea groups is 1. The topological polar surface area (TPSA) is 78.9 Å². The number of para-hydroxylation sites is 1. The Labute approximate surface area is 123 Å². The van der Waals surface area contributed by atoms with E-state index in [9.17, 15) is 9.59 Å². The van der Waals surface area contributed by atoms with E-state index in [-0.39, 0.29) is 6.03 Å². The average Bonchev–Trinajstić information content (AvgIpc) is 2.96. The lowest BCUT2D eigenvalue weighted by atomic mass is 10.1. The van der Waals surface area contributed by atoms with Crippen LogP contribution < -0.4 is 5.32 Å². The Morgan fingerprint density at radius 2 is 2.19 bits per heavy atom. The van der Waals surface area contributed by atoms with Gasteiger partial charge in [0.1, 0.15) is 6.04 Å². The van der Waals surface area contributed by atoms with E-state index in [4.69, 9.17) is 9.84 Å². The van der Waals surface area contributed by atoms with Crippen LogP contribution in [0.4, 0.5) is 10.5 Å². The highest BCUT2D eigenvalue weighted by molar-refractivity contribution is 5.93. The van der Waals surface area contributed by atoms with Crippen LogP contribution in [0.15, 0.2) is 24.3 Å². The molecule has 0 unspecified atom stereocenters. The molecule has 2 amide bonds. The highest BCUT2D eigenvalue weighted by atomic mass is 16.5. The lowest BCUT2D eigenvalue weighted by Crippen LogP contribution is -2.42. The number of rotatable bonds is 5. The Bertz CT molecular complexity index is 518. The van der Waals surface area contributed by atoms with E-state index in [1.54, 1.807) is 7.11 Å². The van der Waals surface area contributed by atoms with Crippen LogP contribution in [0.1, 0.15) is 18.4 Å². The molecule has 114 valence electrons. The smallest absolute Gasteiger partial charge is 0.326 e. The summed E-state index contributed by atoms with van der Waals surface area (Å²) in [5, 5.41) is 11.9. The number of carbonyl (C=O) groups excluding carboxylic acids is 1. The van der Waals surface area contributed by atoms with E-state index in [1.807, 2.05) is 24.3 Å². The second kappa shape index (κ2) is 7.08. The molecule has 0 spiro atoms. The number of nitrogens with one attached hydrogen (secondary N) is 1. The second-order valence-corrected chi connectivity index (χ2v) is 5.02. The maximum absolute atomic E-state index is 12.3. The molecule has 0 radical (unpaired) electrons. The number of anilines is 1. The third-order valence-corrected chi connectivity index (χ3v) is 3.63. The Hall–Kier alpha value is -2.08. The van der Waals surface area contributed by atoms with Gasteiger partial charge in [-0.05, 0) is 30.9 Å². The number of carboxylic acid groups (broad SMARTS) is 1. The summed E-state index contributed by atoms with van der Waals surface area (Å²) in [5.41, 5.74) is 1.68. The minimum Gasteiger partial charge on any atom is -0.480 e. The minimum absolute atomic E-state index is 0.357. The number of nitrogens with zero attached hydrogens (tertiary/aromatic N) is 1. The molecule has 0 bridgehead atoms. The molecule has 1 fully saturated rings. The Kier molecular flexibility index (Phi) is 5.16. The fourth-order valence-corrected chi connectivity index (χ4v) is 2.53. The zero-order valence-electron chi connectivity index (χ0n) is 12.0. The van der Waals surface area contributed by atoms with Crippen molar-refractivity contribution in [3.8, 4) is 0 Å². The summed E-state index contributed by atoms with van der Waals surface area (Å²) in [7, 11) is 1.63. The fourth-order valence-electron chi connectivity index (χ4n) is 2.53. The largest absolute Gasteiger partial charge is 0.480 e. The molecular weight excluding hydrogens is 272 g/mol. The summed E-state index contributed by atoms with van der Waals surface area (Å²) >= 11 is 0. The summed E-state index contributed by atoms with van der Waals surface area (Å²) < 4.78 is 5.05. The van der Waals surface area contributed by atoms with Crippen LogP contribution in [-0.2, 0) is 16.0 Å². The predicted octanol–water partition coefficient (Wildman–Crippen LogP) is 1.96. The lowest BCUT2D eigenvalue weighted by Gasteiger charge is -2.22. The molecule has 2 rings (SSSR count). The van der Waals surface area contributed by atoms with E-state index in [2.05, 4.69) is 5.32 Å². The molecule has 0 saturated carbocycles. The number of carboxylic acids is 1. The van der Waals surface area contributed by atoms with Crippen molar-refractivity contribution in [1.29, 1.82) is 0 Å². The molecule has 1 saturated heterocycles. The molecular formula is C15H20N2O4. The number of carbonyl (C=O) groups is 2. The van der Waals surface area contributed by atoms with Gasteiger partial charge in [0.05, 0.1) is 6.61 Å². The van der Waals surface area contributed by atoms with Gasteiger partial charge < -0.3 is 20.1 Å². The maximum Gasteiger partial charge on any atom is 0.326 e. The zero-order valence-corrected chi connectivity index (χ0v) is 12.0. The van der Waals surface area contributed by atoms with Gasteiger partial charge in [-0.25, -0.2) is 9.59 Å². The first-order valence-electron chi connectivity index (χ1n) is 7.00. The van der Waals surface area contributed by atoms with Gasteiger partial charge in [0.2, 0.25) is 0 Å². The SMILES string of the molecule is COCCc1ccccc1NC(=O)N1CCC[C@H]1C(=O)O. The van der Waals surface area contributed by atoms with Gasteiger partial charge in [0, 0.05) is 19.3 Å². The molecule has 1 aliphatic heterocycles. The van der Waals surface area contributed by atoms with Crippen molar-refractivity contribution < 1.29 is 19.4 Å². The van der Waals surface area contributed by atoms with Crippen LogP contribution >= 0.6 is 0 Å². The number of aliphatic carboxylic acids is 1. The normalized spacial score (nSPS) is 17.8. The first-order valence-corrected chi connectivity index (χ1v) is 7.00. The number of ether oxygens (including phenoxy) is 1. The predicted molar refractivity (Wildman–Crippen MR) is 78.4 cm³/mol. The van der Waals surface area contributed by atoms with Gasteiger partial charge in [-0.2, -0.15) is 0 Å². The van der Waals surface area contributed by atoms with E-state index >= 15 is 0 Å². The summed E-state index contributed by atoms with van der Waals surface area (Å²) in [6.45, 7) is 1.04. The highest BCUT2D eigenvalue weighted by Crippen LogP contribution is 2.21. The Morgan fingerprint density at radius 1 is 1.43 bits per heavy atom. The number of amides is 2. The van der Waals surface area contributed by atoms with Gasteiger partial charge in [-0.3, -0.25) is 0 Å². The number of benzene rings is 1. The van der Waals surface area contributed by atoms with E-state index in [0.29, 0.717) is 31.7 Å². The van der Waals surface area contributed by atoms with Gasteiger partial charge >= 0.3 is 12.0 Å². The average molecular weight is 292 g/mol. The summed E-state index contributed by atoms with van der Waals surface area (Å²) in [6, 6.07) is 6.39. The molecule has 6 nitrogen and oxygen atoms in total. The van der Waals surface area contributed by atoms with Crippen LogP contribution in [0.5, 0.6) is 0 Å². The van der Waals surface area contributed by atoms with Gasteiger partial charge in [-0.15, -0.1) is 0 Å². The molecule has 1 aromatic rings. The van der Waals surface area contributed by atoms with Crippen molar-refractivity contribution in [3.63, 3.8) is 0 Å². The Balaban J connectivity index is 2.07. The van der Waals surface area contributed by atoms with Crippen molar-refractivity contribution in [1.82, 2.24) is 4.90 Å². The Morgan fingerprint density at radius 3 is 2.90 bits per heavy atom. The summed E-state index contributed by atoms with van der Waals surface area (Å²) in [5.74, 6) is -0.949. The van der Waals surface area contributed by atoms with Crippen LogP contribution in [0.3, 0.4) is 0 Å². The number of hydrogen-bond acceptors (Lipinski definition) is 3. The molecule has 1 heterocycles. The zero-order chi connectivity index (χ0) is 15.2. The van der Waals surface area contributed by atoms with Crippen molar-refractivity contribution in [2.75, 3.05) is 25.6 Å². The quantitative estimate of drug-likeness (QED) is 0.869. The minimum atomic E-state index is -0.949. The highest BCUT2D eigenvalue weighted by Gasteiger charge is 2.34. The van der Waals surface area contributed by atoms with Crippen molar-refractivity contribution in [2.45, 2.75) is 25.3 Å². The van der Waals surface area contributed by atoms with Crippen molar-refractivity contribution in [2.24, 2.45) is 0 Å². The molecule has 0 aromatic heterocycles. The second-order valence-electron chi connectivity index (χ2n) is 5.02. The first kappa shape index (κ1) is 15.3. The van der Waals surface area contributed by atoms with Crippen LogP contribution in [-0.4, -0.2) is 48.3 Å². The van der Waals surface area contributed by atoms with Crippen LogP contribution in [0.2, 0.25) is 0 Å². The molecule has 1 atom stereocenters. The van der Waals surface area contributed by atoms with Gasteiger partial charge in [0.15, 0.2) is 0 Å². The van der Waals surface area contributed by atoms with Gasteiger partial charge in [0.25, 0.3) is 0 Å². The third kappa shape index (κ3) is 3.72. The van der Waals surface area contributed by atoms with E-state index < -0.39 is 12.0 Å². The van der Waals surface area contributed by atoms with Crippen molar-refractivity contribution >= 4 is 17.7 Å². The molecule has 1 aromatic carbocycles. The molecule has 2 N–H and O–H groups in total. The number of likely N-dealkylation sites (tertiary alicyclic amines) is 1. The lowest BCUT2D eigenvalue weighted by molar-refractivity contribution is -0.141. The third-order valence-electron chi connectivity index (χ3n) is 3.63. The summed E-state index contributed by atoms with van der Waals surface area (Å²) in [4.78, 5) is 24.8. The molecule has 0 aliphatic carbocycles. The van der Waals surface area contributed by atoms with Gasteiger partial charge in [-0.1, -0.05) is 18.2 Å².